The van der Waals surface area contributed by atoms with E-state index in [0.29, 0.717) is 17.0 Å². The molecule has 0 unspecified atom stereocenters. The summed E-state index contributed by atoms with van der Waals surface area (Å²) in [5, 5.41) is 4.77. The number of benzene rings is 3. The van der Waals surface area contributed by atoms with Crippen LogP contribution in [0.1, 0.15) is 24.2 Å². The van der Waals surface area contributed by atoms with Gasteiger partial charge in [-0.1, -0.05) is 44.2 Å². The lowest BCUT2D eigenvalue weighted by molar-refractivity contribution is -0.124. The summed E-state index contributed by atoms with van der Waals surface area (Å²) in [4.78, 5) is 36.0. The van der Waals surface area contributed by atoms with Crippen molar-refractivity contribution in [3.05, 3.63) is 70.7 Å². The molecule has 0 aliphatic heterocycles. The summed E-state index contributed by atoms with van der Waals surface area (Å²) in [6.45, 7) is 3.32. The third kappa shape index (κ3) is 5.82. The van der Waals surface area contributed by atoms with Crippen LogP contribution in [0.4, 0.5) is 5.69 Å². The molecule has 0 spiro atoms. The fraction of sp³-hybridized carbons (Fsp3) is 0.174. The highest BCUT2D eigenvalue weighted by molar-refractivity contribution is 9.10. The third-order valence-corrected chi connectivity index (χ3v) is 5.26. The van der Waals surface area contributed by atoms with Gasteiger partial charge in [0.25, 0.3) is 11.8 Å². The Morgan fingerprint density at radius 2 is 1.65 bits per heavy atom. The van der Waals surface area contributed by atoms with Gasteiger partial charge in [-0.05, 0) is 57.0 Å². The number of halogens is 1. The summed E-state index contributed by atoms with van der Waals surface area (Å²) in [5.41, 5.74) is 5.59. The minimum absolute atomic E-state index is 0.109. The van der Waals surface area contributed by atoms with Gasteiger partial charge in [-0.15, -0.1) is 0 Å². The SMILES string of the molecule is CC(C)C(=O)Nc1ccc(C(=O)NNC(=O)COc2ccc3ccccc3c2Br)cc1. The monoisotopic (exact) mass is 483 g/mol. The zero-order chi connectivity index (χ0) is 22.4. The van der Waals surface area contributed by atoms with E-state index in [1.54, 1.807) is 44.2 Å². The molecule has 3 amide bonds. The number of carbonyl (C=O) groups excluding carboxylic acids is 3. The summed E-state index contributed by atoms with van der Waals surface area (Å²) in [7, 11) is 0. The number of anilines is 1. The summed E-state index contributed by atoms with van der Waals surface area (Å²) in [6.07, 6.45) is 0. The van der Waals surface area contributed by atoms with Crippen LogP contribution in [0.5, 0.6) is 5.75 Å². The van der Waals surface area contributed by atoms with Gasteiger partial charge >= 0.3 is 0 Å². The number of hydrogen-bond acceptors (Lipinski definition) is 4. The average Bonchev–Trinajstić information content (AvgIpc) is 2.77. The predicted octanol–water partition coefficient (Wildman–Crippen LogP) is 4.04. The molecule has 0 saturated heterocycles. The van der Waals surface area contributed by atoms with Crippen LogP contribution in [-0.4, -0.2) is 24.3 Å². The number of nitrogens with one attached hydrogen (secondary N) is 3. The molecule has 160 valence electrons. The van der Waals surface area contributed by atoms with Crippen LogP contribution in [-0.2, 0) is 9.59 Å². The van der Waals surface area contributed by atoms with Crippen molar-refractivity contribution in [3.8, 4) is 5.75 Å². The van der Waals surface area contributed by atoms with Crippen molar-refractivity contribution in [1.82, 2.24) is 10.9 Å². The van der Waals surface area contributed by atoms with Gasteiger partial charge in [0.05, 0.1) is 4.47 Å². The maximum absolute atomic E-state index is 12.2. The molecular weight excluding hydrogens is 462 g/mol. The van der Waals surface area contributed by atoms with Crippen molar-refractivity contribution < 1.29 is 19.1 Å². The van der Waals surface area contributed by atoms with Crippen molar-refractivity contribution in [2.24, 2.45) is 5.92 Å². The van der Waals surface area contributed by atoms with E-state index in [0.717, 1.165) is 15.2 Å². The molecule has 3 aromatic carbocycles. The first-order valence-electron chi connectivity index (χ1n) is 9.65. The van der Waals surface area contributed by atoms with Crippen molar-refractivity contribution >= 4 is 50.1 Å². The summed E-state index contributed by atoms with van der Waals surface area (Å²) in [5.74, 6) is -0.714. The van der Waals surface area contributed by atoms with Crippen molar-refractivity contribution in [2.75, 3.05) is 11.9 Å². The van der Waals surface area contributed by atoms with E-state index in [4.69, 9.17) is 4.74 Å². The van der Waals surface area contributed by atoms with E-state index in [-0.39, 0.29) is 18.4 Å². The Labute approximate surface area is 188 Å². The Bertz CT molecular complexity index is 1110. The van der Waals surface area contributed by atoms with E-state index in [2.05, 4.69) is 32.1 Å². The van der Waals surface area contributed by atoms with Crippen molar-refractivity contribution in [3.63, 3.8) is 0 Å². The Morgan fingerprint density at radius 3 is 2.35 bits per heavy atom. The largest absolute Gasteiger partial charge is 0.483 e. The highest BCUT2D eigenvalue weighted by Crippen LogP contribution is 2.32. The van der Waals surface area contributed by atoms with E-state index >= 15 is 0 Å². The first-order chi connectivity index (χ1) is 14.8. The summed E-state index contributed by atoms with van der Waals surface area (Å²) >= 11 is 3.50. The zero-order valence-corrected chi connectivity index (χ0v) is 18.7. The molecule has 0 atom stereocenters. The molecule has 3 aromatic rings. The lowest BCUT2D eigenvalue weighted by atomic mass is 10.1. The second kappa shape index (κ2) is 10.1. The van der Waals surface area contributed by atoms with Gasteiger partial charge in [-0.3, -0.25) is 25.2 Å². The van der Waals surface area contributed by atoms with Gasteiger partial charge in [-0.25, -0.2) is 0 Å². The van der Waals surface area contributed by atoms with Crippen LogP contribution >= 0.6 is 15.9 Å². The van der Waals surface area contributed by atoms with Gasteiger partial charge in [0.2, 0.25) is 5.91 Å². The fourth-order valence-corrected chi connectivity index (χ4v) is 3.30. The number of rotatable bonds is 6. The molecule has 3 rings (SSSR count). The molecule has 8 heteroatoms. The molecule has 0 aromatic heterocycles. The lowest BCUT2D eigenvalue weighted by Gasteiger charge is -2.12. The second-order valence-electron chi connectivity index (χ2n) is 7.11. The van der Waals surface area contributed by atoms with Gasteiger partial charge in [0.15, 0.2) is 6.61 Å². The first-order valence-corrected chi connectivity index (χ1v) is 10.4. The minimum Gasteiger partial charge on any atom is -0.483 e. The van der Waals surface area contributed by atoms with E-state index in [9.17, 15) is 14.4 Å². The van der Waals surface area contributed by atoms with Crippen molar-refractivity contribution in [2.45, 2.75) is 13.8 Å². The number of fused-ring (bicyclic) bond motifs is 1. The van der Waals surface area contributed by atoms with Gasteiger partial charge in [0, 0.05) is 17.2 Å². The van der Waals surface area contributed by atoms with Crippen LogP contribution in [0.3, 0.4) is 0 Å². The van der Waals surface area contributed by atoms with Crippen LogP contribution in [0, 0.1) is 5.92 Å². The van der Waals surface area contributed by atoms with Crippen LogP contribution in [0.2, 0.25) is 0 Å². The highest BCUT2D eigenvalue weighted by atomic mass is 79.9. The van der Waals surface area contributed by atoms with Crippen LogP contribution in [0.25, 0.3) is 10.8 Å². The summed E-state index contributed by atoms with van der Waals surface area (Å²) < 4.78 is 6.32. The van der Waals surface area contributed by atoms with E-state index in [1.165, 1.54) is 0 Å². The normalized spacial score (nSPS) is 10.6. The zero-order valence-electron chi connectivity index (χ0n) is 17.1. The second-order valence-corrected chi connectivity index (χ2v) is 7.90. The predicted molar refractivity (Wildman–Crippen MR) is 123 cm³/mol. The molecule has 0 radical (unpaired) electrons. The average molecular weight is 484 g/mol. The number of hydrogen-bond donors (Lipinski definition) is 3. The standard InChI is InChI=1S/C23H22BrN3O4/c1-14(2)22(29)25-17-10-7-16(8-11-17)23(30)27-26-20(28)13-31-19-12-9-15-5-3-4-6-18(15)21(19)24/h3-12,14H,13H2,1-2H3,(H,25,29)(H,26,28)(H,27,30). The van der Waals surface area contributed by atoms with Gasteiger partial charge in [-0.2, -0.15) is 0 Å². The molecule has 0 fully saturated rings. The van der Waals surface area contributed by atoms with E-state index < -0.39 is 11.8 Å². The topological polar surface area (TPSA) is 96.5 Å². The first kappa shape index (κ1) is 22.3. The maximum atomic E-state index is 12.2. The number of amides is 3. The van der Waals surface area contributed by atoms with Crippen molar-refractivity contribution in [1.29, 1.82) is 0 Å². The molecule has 0 saturated carbocycles. The smallest absolute Gasteiger partial charge is 0.276 e. The van der Waals surface area contributed by atoms with E-state index in [1.807, 2.05) is 30.3 Å². The third-order valence-electron chi connectivity index (χ3n) is 4.44. The lowest BCUT2D eigenvalue weighted by Crippen LogP contribution is -2.43. The Kier molecular flexibility index (Phi) is 7.25. The molecule has 0 bridgehead atoms. The molecule has 0 aliphatic rings. The Morgan fingerprint density at radius 1 is 0.935 bits per heavy atom. The molecular formula is C23H22BrN3O4. The molecule has 7 nitrogen and oxygen atoms in total. The maximum Gasteiger partial charge on any atom is 0.276 e. The van der Waals surface area contributed by atoms with Gasteiger partial charge in [0.1, 0.15) is 5.75 Å². The highest BCUT2D eigenvalue weighted by Gasteiger charge is 2.11. The summed E-state index contributed by atoms with van der Waals surface area (Å²) in [6, 6.07) is 17.8. The van der Waals surface area contributed by atoms with Crippen LogP contribution < -0.4 is 20.9 Å². The minimum atomic E-state index is -0.505. The number of ether oxygens (including phenoxy) is 1. The molecule has 0 aliphatic carbocycles. The Balaban J connectivity index is 1.50. The molecule has 0 heterocycles. The molecule has 3 N–H and O–H groups in total. The number of carbonyl (C=O) groups is 3. The quantitative estimate of drug-likeness (QED) is 0.461. The fourth-order valence-electron chi connectivity index (χ4n) is 2.69. The Hall–Kier alpha value is -3.39. The number of hydrazine groups is 1. The molecule has 31 heavy (non-hydrogen) atoms. The van der Waals surface area contributed by atoms with Gasteiger partial charge < -0.3 is 10.1 Å². The van der Waals surface area contributed by atoms with Crippen LogP contribution in [0.15, 0.2) is 65.1 Å².